The summed E-state index contributed by atoms with van der Waals surface area (Å²) >= 11 is 0. The maximum Gasteiger partial charge on any atom is 0.0701 e. The molecule has 0 bridgehead atoms. The average molecular weight is 1300 g/mol. The highest BCUT2D eigenvalue weighted by molar-refractivity contribution is 5.15. The second-order valence-corrected chi connectivity index (χ2v) is 25.3. The molecule has 3 aliphatic heterocycles. The van der Waals surface area contributed by atoms with Crippen molar-refractivity contribution in [3.63, 3.8) is 0 Å². The van der Waals surface area contributed by atoms with Crippen LogP contribution in [0.4, 0.5) is 0 Å². The molecule has 3 fully saturated rings. The molecular weight excluding hydrogens is 1160 g/mol. The standard InChI is InChI=1S/C74H134N6O12/c1(3-7-11-15-25-33-77-39-51-85-63-67-89-55-43-79(71-73-27-19-17-20-28-73)44-56-90-68-64-86-52-40-77)5-9-13-23-31-75-35-47-81-59-61-83-49-37-76(38-50-84-62-60-82-48-36-75)32-24-14-10-6-2-4-8-12-16-26-34-78-41-53-87-65-69-91-57-45-80(72-74-29-21-18-22-30-74)46-58-92-70-66-88-54-42-78/h17-22,27-30H,1-16,23-26,31-72H2. The lowest BCUT2D eigenvalue weighted by Crippen LogP contribution is -2.34. The van der Waals surface area contributed by atoms with Gasteiger partial charge in [-0.1, -0.05) is 163 Å². The van der Waals surface area contributed by atoms with E-state index in [1.165, 1.54) is 140 Å². The van der Waals surface area contributed by atoms with E-state index in [0.717, 1.165) is 171 Å². The van der Waals surface area contributed by atoms with Crippen LogP contribution in [0.1, 0.15) is 140 Å². The molecule has 0 spiro atoms. The summed E-state index contributed by atoms with van der Waals surface area (Å²) in [6.45, 7) is 33.4. The molecule has 0 radical (unpaired) electrons. The van der Waals surface area contributed by atoms with Gasteiger partial charge in [0.1, 0.15) is 0 Å². The van der Waals surface area contributed by atoms with Crippen LogP contribution < -0.4 is 0 Å². The second kappa shape index (κ2) is 61.1. The first-order chi connectivity index (χ1) is 45.8. The lowest BCUT2D eigenvalue weighted by Gasteiger charge is -2.24. The molecule has 532 valence electrons. The van der Waals surface area contributed by atoms with E-state index in [9.17, 15) is 0 Å². The normalized spacial score (nSPS) is 20.7. The Morgan fingerprint density at radius 3 is 0.500 bits per heavy atom. The lowest BCUT2D eigenvalue weighted by atomic mass is 10.1. The van der Waals surface area contributed by atoms with E-state index in [4.69, 9.17) is 56.8 Å². The molecule has 0 unspecified atom stereocenters. The van der Waals surface area contributed by atoms with Crippen LogP contribution in [0.15, 0.2) is 60.7 Å². The Hall–Kier alpha value is -2.28. The van der Waals surface area contributed by atoms with Gasteiger partial charge in [0.05, 0.1) is 159 Å². The fraction of sp³-hybridized carbons (Fsp3) is 0.838. The second-order valence-electron chi connectivity index (χ2n) is 25.3. The third kappa shape index (κ3) is 47.6. The van der Waals surface area contributed by atoms with Crippen molar-refractivity contribution < 1.29 is 56.8 Å². The van der Waals surface area contributed by atoms with E-state index in [-0.39, 0.29) is 0 Å². The molecule has 3 heterocycles. The smallest absolute Gasteiger partial charge is 0.0701 e. The predicted molar refractivity (Wildman–Crippen MR) is 371 cm³/mol. The number of benzene rings is 2. The van der Waals surface area contributed by atoms with Gasteiger partial charge in [0.15, 0.2) is 0 Å². The summed E-state index contributed by atoms with van der Waals surface area (Å²) in [6, 6.07) is 21.2. The molecule has 3 aliphatic rings. The van der Waals surface area contributed by atoms with E-state index >= 15 is 0 Å². The minimum atomic E-state index is 0.630. The zero-order valence-electron chi connectivity index (χ0n) is 58.2. The summed E-state index contributed by atoms with van der Waals surface area (Å²) < 4.78 is 72.1. The fourth-order valence-electron chi connectivity index (χ4n) is 12.0. The minimum Gasteiger partial charge on any atom is -0.378 e. The topological polar surface area (TPSA) is 130 Å². The first kappa shape index (κ1) is 80.4. The molecule has 5 rings (SSSR count). The van der Waals surface area contributed by atoms with Crippen LogP contribution in [0.2, 0.25) is 0 Å². The van der Waals surface area contributed by atoms with Crippen LogP contribution in [0.25, 0.3) is 0 Å². The van der Waals surface area contributed by atoms with Gasteiger partial charge in [-0.15, -0.1) is 0 Å². The maximum atomic E-state index is 6.07. The zero-order chi connectivity index (χ0) is 64.0. The van der Waals surface area contributed by atoms with Gasteiger partial charge in [-0.05, 0) is 63.0 Å². The number of hydrogen-bond acceptors (Lipinski definition) is 18. The molecule has 0 N–H and O–H groups in total. The van der Waals surface area contributed by atoms with Crippen LogP contribution in [0.5, 0.6) is 0 Å². The molecule has 3 saturated heterocycles. The molecule has 0 saturated carbocycles. The van der Waals surface area contributed by atoms with Crippen molar-refractivity contribution in [3.05, 3.63) is 71.8 Å². The average Bonchev–Trinajstić information content (AvgIpc) is 3.77. The SMILES string of the molecule is c1ccc(CN2CCOCCOCCN(CCCCCCCCCCCCN3CCOCCOCCN(CCCCCCCCCCCCN4CCOCCOCCN(Cc5ccccc5)CCOCCOCC4)CCOCCOCC3)CCOCCOCC2)cc1. The molecule has 0 aromatic heterocycles. The maximum absolute atomic E-state index is 6.07. The Morgan fingerprint density at radius 1 is 0.174 bits per heavy atom. The van der Waals surface area contributed by atoms with Gasteiger partial charge in [-0.2, -0.15) is 0 Å². The number of unbranched alkanes of at least 4 members (excludes halogenated alkanes) is 18. The van der Waals surface area contributed by atoms with E-state index in [0.29, 0.717) is 106 Å². The van der Waals surface area contributed by atoms with Gasteiger partial charge in [0, 0.05) is 91.6 Å². The fourth-order valence-corrected chi connectivity index (χ4v) is 12.0. The number of hydrogen-bond donors (Lipinski definition) is 0. The first-order valence-corrected chi connectivity index (χ1v) is 37.1. The van der Waals surface area contributed by atoms with Gasteiger partial charge < -0.3 is 56.8 Å². The van der Waals surface area contributed by atoms with Gasteiger partial charge in [-0.3, -0.25) is 29.4 Å². The van der Waals surface area contributed by atoms with Crippen molar-refractivity contribution >= 4 is 0 Å². The van der Waals surface area contributed by atoms with Crippen molar-refractivity contribution in [2.24, 2.45) is 0 Å². The Morgan fingerprint density at radius 2 is 0.326 bits per heavy atom. The van der Waals surface area contributed by atoms with Crippen LogP contribution in [0.3, 0.4) is 0 Å². The first-order valence-electron chi connectivity index (χ1n) is 37.1. The third-order valence-electron chi connectivity index (χ3n) is 17.7. The molecule has 2 aromatic carbocycles. The van der Waals surface area contributed by atoms with E-state index in [1.54, 1.807) is 0 Å². The summed E-state index contributed by atoms with van der Waals surface area (Å²) in [5.41, 5.74) is 2.62. The molecule has 92 heavy (non-hydrogen) atoms. The molecule has 18 nitrogen and oxygen atoms in total. The van der Waals surface area contributed by atoms with Gasteiger partial charge in [0.2, 0.25) is 0 Å². The van der Waals surface area contributed by atoms with Crippen molar-refractivity contribution in [2.75, 3.05) is 263 Å². The summed E-state index contributed by atoms with van der Waals surface area (Å²) in [7, 11) is 0. The van der Waals surface area contributed by atoms with E-state index in [1.807, 2.05) is 0 Å². The molecule has 18 heteroatoms. The highest BCUT2D eigenvalue weighted by atomic mass is 16.5. The molecule has 2 aromatic rings. The van der Waals surface area contributed by atoms with Crippen LogP contribution in [-0.4, -0.2) is 293 Å². The Balaban J connectivity index is 0.788. The summed E-state index contributed by atoms with van der Waals surface area (Å²) in [6.07, 6.45) is 26.1. The molecule has 0 atom stereocenters. The third-order valence-corrected chi connectivity index (χ3v) is 17.7. The van der Waals surface area contributed by atoms with Crippen LogP contribution >= 0.6 is 0 Å². The highest BCUT2D eigenvalue weighted by Gasteiger charge is 2.13. The zero-order valence-corrected chi connectivity index (χ0v) is 58.2. The van der Waals surface area contributed by atoms with Crippen LogP contribution in [-0.2, 0) is 69.9 Å². The number of ether oxygens (including phenoxy) is 12. The summed E-state index contributed by atoms with van der Waals surface area (Å²) in [5, 5.41) is 0. The summed E-state index contributed by atoms with van der Waals surface area (Å²) in [5.74, 6) is 0. The van der Waals surface area contributed by atoms with Crippen molar-refractivity contribution in [1.29, 1.82) is 0 Å². The lowest BCUT2D eigenvalue weighted by molar-refractivity contribution is 0.00699. The number of nitrogens with zero attached hydrogens (tertiary/aromatic N) is 6. The van der Waals surface area contributed by atoms with Gasteiger partial charge in [-0.25, -0.2) is 0 Å². The van der Waals surface area contributed by atoms with Crippen molar-refractivity contribution in [2.45, 2.75) is 142 Å². The Labute approximate surface area is 560 Å². The van der Waals surface area contributed by atoms with Crippen LogP contribution in [0, 0.1) is 0 Å². The van der Waals surface area contributed by atoms with Crippen molar-refractivity contribution in [1.82, 2.24) is 29.4 Å². The van der Waals surface area contributed by atoms with Gasteiger partial charge >= 0.3 is 0 Å². The van der Waals surface area contributed by atoms with E-state index in [2.05, 4.69) is 90.1 Å². The summed E-state index contributed by atoms with van der Waals surface area (Å²) in [4.78, 5) is 14.9. The predicted octanol–water partition coefficient (Wildman–Crippen LogP) is 10.2. The molecule has 0 amide bonds. The van der Waals surface area contributed by atoms with E-state index < -0.39 is 0 Å². The Kier molecular flexibility index (Phi) is 53.4. The monoisotopic (exact) mass is 1300 g/mol. The van der Waals surface area contributed by atoms with Gasteiger partial charge in [0.25, 0.3) is 0 Å². The largest absolute Gasteiger partial charge is 0.378 e. The highest BCUT2D eigenvalue weighted by Crippen LogP contribution is 2.15. The molecular formula is C74H134N6O12. The number of rotatable bonds is 30. The minimum absolute atomic E-state index is 0.630. The Bertz CT molecular complexity index is 1650. The molecule has 0 aliphatic carbocycles. The quantitative estimate of drug-likeness (QED) is 0.0687. The van der Waals surface area contributed by atoms with Crippen molar-refractivity contribution in [3.8, 4) is 0 Å².